The predicted molar refractivity (Wildman–Crippen MR) is 68.5 cm³/mol. The average Bonchev–Trinajstić information content (AvgIpc) is 2.45. The number of pyridine rings is 1. The Hall–Kier alpha value is -1.42. The van der Waals surface area contributed by atoms with Crippen LogP contribution in [0.25, 0.3) is 17.3 Å². The van der Waals surface area contributed by atoms with E-state index >= 15 is 0 Å². The molecule has 0 aliphatic rings. The molecule has 4 heteroatoms. The van der Waals surface area contributed by atoms with Gasteiger partial charge < -0.3 is 9.90 Å². The van der Waals surface area contributed by atoms with Crippen LogP contribution >= 0.6 is 0 Å². The van der Waals surface area contributed by atoms with Gasteiger partial charge >= 0.3 is 29.6 Å². The zero-order valence-corrected chi connectivity index (χ0v) is 12.5. The largest absolute Gasteiger partial charge is 1.00 e. The zero-order valence-electron chi connectivity index (χ0n) is 13.5. The molecule has 90 valence electrons. The quantitative estimate of drug-likeness (QED) is 0.518. The Bertz CT molecular complexity index is 682. The smallest absolute Gasteiger partial charge is 0.545 e. The number of nitrogens with zero attached hydrogens (tertiary/aromatic N) is 1. The minimum absolute atomic E-state index is 0. The van der Waals surface area contributed by atoms with Gasteiger partial charge in [0.2, 0.25) is 0 Å². The predicted octanol–water partition coefficient (Wildman–Crippen LogP) is -1.18. The van der Waals surface area contributed by atoms with E-state index in [9.17, 15) is 9.90 Å². The van der Waals surface area contributed by atoms with Crippen molar-refractivity contribution in [3.05, 3.63) is 59.8 Å². The van der Waals surface area contributed by atoms with E-state index in [1.54, 1.807) is 30.3 Å². The number of hydrogen-bond donors (Lipinski definition) is 0. The molecule has 0 radical (unpaired) electrons. The van der Waals surface area contributed by atoms with Crippen molar-refractivity contribution in [2.24, 2.45) is 0 Å². The molecule has 0 bridgehead atoms. The van der Waals surface area contributed by atoms with E-state index in [2.05, 4.69) is 4.98 Å². The number of aliphatic carboxylic acids is 1. The molecule has 0 N–H and O–H groups in total. The number of carbonyl (C=O) groups excluding carboxylic acids is 1. The van der Waals surface area contributed by atoms with Gasteiger partial charge in [0.25, 0.3) is 0 Å². The van der Waals surface area contributed by atoms with Crippen LogP contribution < -0.4 is 34.7 Å². The fraction of sp³-hybridized carbons (Fsp3) is 0.0667. The molecule has 19 heavy (non-hydrogen) atoms. The summed E-state index contributed by atoms with van der Waals surface area (Å²) >= 11 is 0. The van der Waals surface area contributed by atoms with Crippen molar-refractivity contribution in [2.75, 3.05) is 0 Å². The molecule has 0 aliphatic carbocycles. The SMILES string of the molecule is [2H]C([2H])([2H])c1ccc(-c2cccc(/C=C/C(=O)[O-])n2)cc1.[Na+]. The van der Waals surface area contributed by atoms with Crippen molar-refractivity contribution >= 4 is 12.0 Å². The molecule has 1 aromatic heterocycles. The number of hydrogen-bond acceptors (Lipinski definition) is 3. The average molecular weight is 264 g/mol. The molecule has 0 atom stereocenters. The summed E-state index contributed by atoms with van der Waals surface area (Å²) in [6, 6.07) is 11.6. The monoisotopic (exact) mass is 264 g/mol. The first-order valence-electron chi connectivity index (χ1n) is 6.83. The molecule has 2 aromatic rings. The third kappa shape index (κ3) is 4.63. The van der Waals surface area contributed by atoms with E-state index < -0.39 is 12.8 Å². The first kappa shape index (κ1) is 11.4. The Morgan fingerprint density at radius 2 is 2.00 bits per heavy atom. The van der Waals surface area contributed by atoms with Gasteiger partial charge in [0.15, 0.2) is 0 Å². The van der Waals surface area contributed by atoms with E-state index in [0.29, 0.717) is 11.4 Å². The Morgan fingerprint density at radius 1 is 1.26 bits per heavy atom. The molecule has 2 rings (SSSR count). The van der Waals surface area contributed by atoms with Crippen molar-refractivity contribution in [2.45, 2.75) is 6.85 Å². The van der Waals surface area contributed by atoms with Gasteiger partial charge in [-0.2, -0.15) is 0 Å². The van der Waals surface area contributed by atoms with Crippen LogP contribution in [0.5, 0.6) is 0 Å². The summed E-state index contributed by atoms with van der Waals surface area (Å²) in [6.07, 6.45) is 2.25. The van der Waals surface area contributed by atoms with Gasteiger partial charge in [-0.15, -0.1) is 0 Å². The van der Waals surface area contributed by atoms with Gasteiger partial charge in [0.05, 0.1) is 17.4 Å². The molecule has 1 heterocycles. The first-order valence-corrected chi connectivity index (χ1v) is 5.33. The van der Waals surface area contributed by atoms with Crippen LogP contribution in [0.3, 0.4) is 0 Å². The zero-order chi connectivity index (χ0) is 15.5. The second kappa shape index (κ2) is 7.24. The molecule has 0 amide bonds. The summed E-state index contributed by atoms with van der Waals surface area (Å²) in [5.41, 5.74) is 2.13. The van der Waals surface area contributed by atoms with E-state index in [0.717, 1.165) is 11.6 Å². The standard InChI is InChI=1S/C15H13NO2.Na/c1-11-5-7-12(8-6-11)14-4-2-3-13(16-14)9-10-15(17)18;/h2-10H,1H3,(H,17,18);/q;+1/p-1/b10-9+;/i1D3;. The summed E-state index contributed by atoms with van der Waals surface area (Å²) < 4.78 is 22.0. The molecule has 0 spiro atoms. The Kier molecular flexibility index (Phi) is 4.35. The van der Waals surface area contributed by atoms with Crippen molar-refractivity contribution < 1.29 is 43.6 Å². The van der Waals surface area contributed by atoms with Crippen LogP contribution in [0.1, 0.15) is 15.4 Å². The molecule has 0 unspecified atom stereocenters. The minimum atomic E-state index is -2.13. The fourth-order valence-electron chi connectivity index (χ4n) is 1.50. The van der Waals surface area contributed by atoms with Crippen LogP contribution in [0.4, 0.5) is 0 Å². The summed E-state index contributed by atoms with van der Waals surface area (Å²) in [4.78, 5) is 14.7. The van der Waals surface area contributed by atoms with Crippen LogP contribution in [0.15, 0.2) is 48.5 Å². The van der Waals surface area contributed by atoms with E-state index in [1.807, 2.05) is 0 Å². The number of carboxylic acids is 1. The maximum Gasteiger partial charge on any atom is 1.00 e. The second-order valence-corrected chi connectivity index (χ2v) is 3.68. The van der Waals surface area contributed by atoms with Crippen molar-refractivity contribution in [3.8, 4) is 11.3 Å². The molecule has 0 saturated heterocycles. The molecule has 1 aromatic carbocycles. The van der Waals surface area contributed by atoms with E-state index in [4.69, 9.17) is 4.11 Å². The maximum atomic E-state index is 10.4. The number of carboxylic acid groups (broad SMARTS) is 1. The number of aryl methyl sites for hydroxylation is 1. The molecule has 0 aliphatic heterocycles. The summed E-state index contributed by atoms with van der Waals surface area (Å²) in [7, 11) is 0. The normalized spacial score (nSPS) is 13.2. The molecule has 3 nitrogen and oxygen atoms in total. The fourth-order valence-corrected chi connectivity index (χ4v) is 1.50. The topological polar surface area (TPSA) is 53.0 Å². The summed E-state index contributed by atoms with van der Waals surface area (Å²) in [5.74, 6) is -1.29. The van der Waals surface area contributed by atoms with Crippen LogP contribution in [0, 0.1) is 6.85 Å². The number of rotatable bonds is 3. The van der Waals surface area contributed by atoms with Gasteiger partial charge in [-0.3, -0.25) is 0 Å². The van der Waals surface area contributed by atoms with E-state index in [-0.39, 0.29) is 35.1 Å². The molecule has 0 fully saturated rings. The van der Waals surface area contributed by atoms with Gasteiger partial charge in [0.1, 0.15) is 0 Å². The number of benzene rings is 1. The van der Waals surface area contributed by atoms with Gasteiger partial charge in [0, 0.05) is 9.68 Å². The molecular formula is C15H12NNaO2. The third-order valence-corrected chi connectivity index (χ3v) is 2.34. The third-order valence-electron chi connectivity index (χ3n) is 2.34. The van der Waals surface area contributed by atoms with Gasteiger partial charge in [-0.1, -0.05) is 35.9 Å². The van der Waals surface area contributed by atoms with Gasteiger partial charge in [-0.05, 0) is 31.1 Å². The summed E-state index contributed by atoms with van der Waals surface area (Å²) in [5, 5.41) is 10.4. The number of aromatic nitrogens is 1. The Morgan fingerprint density at radius 3 is 2.63 bits per heavy atom. The summed E-state index contributed by atoms with van der Waals surface area (Å²) in [6.45, 7) is -2.13. The van der Waals surface area contributed by atoms with Crippen LogP contribution in [0.2, 0.25) is 0 Å². The first-order chi connectivity index (χ1) is 9.86. The van der Waals surface area contributed by atoms with Crippen LogP contribution in [-0.2, 0) is 4.79 Å². The van der Waals surface area contributed by atoms with Crippen LogP contribution in [-0.4, -0.2) is 11.0 Å². The van der Waals surface area contributed by atoms with Crippen molar-refractivity contribution in [1.82, 2.24) is 4.98 Å². The Balaban J connectivity index is 0.00000242. The second-order valence-electron chi connectivity index (χ2n) is 3.68. The molecular weight excluding hydrogens is 249 g/mol. The maximum absolute atomic E-state index is 10.4. The minimum Gasteiger partial charge on any atom is -0.545 e. The van der Waals surface area contributed by atoms with Gasteiger partial charge in [-0.25, -0.2) is 4.98 Å². The van der Waals surface area contributed by atoms with E-state index in [1.165, 1.54) is 18.2 Å². The molecule has 0 saturated carbocycles. The Labute approximate surface area is 138 Å². The number of carbonyl (C=O) groups is 1. The van der Waals surface area contributed by atoms with Crippen molar-refractivity contribution in [1.29, 1.82) is 0 Å². The van der Waals surface area contributed by atoms with Crippen molar-refractivity contribution in [3.63, 3.8) is 0 Å².